The molecule has 3 aliphatic rings. The summed E-state index contributed by atoms with van der Waals surface area (Å²) in [5, 5.41) is 6.21. The molecule has 3 fully saturated rings. The second-order valence-electron chi connectivity index (χ2n) is 8.28. The summed E-state index contributed by atoms with van der Waals surface area (Å²) in [5.41, 5.74) is 0.309. The molecular weight excluding hydrogens is 400 g/mol. The van der Waals surface area contributed by atoms with Gasteiger partial charge in [-0.1, -0.05) is 12.1 Å². The third-order valence-corrected chi connectivity index (χ3v) is 6.26. The van der Waals surface area contributed by atoms with Crippen molar-refractivity contribution in [1.29, 1.82) is 0 Å². The minimum atomic E-state index is -0.860. The quantitative estimate of drug-likeness (QED) is 0.759. The number of halogens is 3. The summed E-state index contributed by atoms with van der Waals surface area (Å²) < 4.78 is 27.4. The summed E-state index contributed by atoms with van der Waals surface area (Å²) in [7, 11) is 0. The van der Waals surface area contributed by atoms with E-state index in [1.807, 2.05) is 4.90 Å². The second-order valence-corrected chi connectivity index (χ2v) is 8.28. The first-order valence-electron chi connectivity index (χ1n) is 10.3. The predicted octanol–water partition coefficient (Wildman–Crippen LogP) is 2.60. The standard InChI is InChI=1S/C21H27F2N3O2.ClH/c22-17-6-1-5-14(19(17)23)15-10-16(15)21(28)26-9-3-4-13(12-26)11-25-20(27)18-7-2-8-24-18;/h1,5-6,13,15-16,18,24H,2-4,7-12H2,(H,25,27);1H. The van der Waals surface area contributed by atoms with Gasteiger partial charge in [0.1, 0.15) is 0 Å². The van der Waals surface area contributed by atoms with Crippen molar-refractivity contribution in [1.82, 2.24) is 15.5 Å². The normalized spacial score (nSPS) is 28.6. The molecule has 2 amide bonds. The molecule has 0 aromatic heterocycles. The van der Waals surface area contributed by atoms with E-state index in [-0.39, 0.29) is 48.0 Å². The maximum absolute atomic E-state index is 14.0. The number of amides is 2. The number of hydrogen-bond donors (Lipinski definition) is 2. The van der Waals surface area contributed by atoms with Gasteiger partial charge in [-0.15, -0.1) is 12.4 Å². The summed E-state index contributed by atoms with van der Waals surface area (Å²) in [6, 6.07) is 4.08. The van der Waals surface area contributed by atoms with Crippen LogP contribution in [0.1, 0.15) is 43.6 Å². The first-order valence-corrected chi connectivity index (χ1v) is 10.3. The van der Waals surface area contributed by atoms with Gasteiger partial charge in [0.05, 0.1) is 6.04 Å². The average molecular weight is 428 g/mol. The molecule has 1 aliphatic carbocycles. The molecule has 29 heavy (non-hydrogen) atoms. The third-order valence-electron chi connectivity index (χ3n) is 6.26. The molecule has 0 spiro atoms. The van der Waals surface area contributed by atoms with Crippen molar-refractivity contribution >= 4 is 24.2 Å². The Labute approximate surface area is 176 Å². The molecule has 0 bridgehead atoms. The van der Waals surface area contributed by atoms with Crippen molar-refractivity contribution in [3.05, 3.63) is 35.4 Å². The van der Waals surface area contributed by atoms with Gasteiger partial charge in [0.2, 0.25) is 11.8 Å². The van der Waals surface area contributed by atoms with E-state index in [9.17, 15) is 18.4 Å². The SMILES string of the molecule is Cl.O=C(NCC1CCCN(C(=O)C2CC2c2cccc(F)c2F)C1)C1CCCN1. The Morgan fingerprint density at radius 1 is 1.21 bits per heavy atom. The smallest absolute Gasteiger partial charge is 0.237 e. The van der Waals surface area contributed by atoms with Crippen LogP contribution in [0.15, 0.2) is 18.2 Å². The molecule has 4 rings (SSSR count). The van der Waals surface area contributed by atoms with Crippen molar-refractivity contribution < 1.29 is 18.4 Å². The topological polar surface area (TPSA) is 61.4 Å². The summed E-state index contributed by atoms with van der Waals surface area (Å²) in [5.74, 6) is -1.86. The van der Waals surface area contributed by atoms with Gasteiger partial charge in [0.25, 0.3) is 0 Å². The highest BCUT2D eigenvalue weighted by Crippen LogP contribution is 2.49. The van der Waals surface area contributed by atoms with Crippen LogP contribution >= 0.6 is 12.4 Å². The number of rotatable bonds is 5. The number of likely N-dealkylation sites (tertiary alicyclic amines) is 1. The first-order chi connectivity index (χ1) is 13.5. The van der Waals surface area contributed by atoms with E-state index in [1.54, 1.807) is 6.07 Å². The molecule has 2 saturated heterocycles. The number of benzene rings is 1. The van der Waals surface area contributed by atoms with Gasteiger partial charge in [-0.05, 0) is 62.1 Å². The van der Waals surface area contributed by atoms with Crippen LogP contribution in [0.25, 0.3) is 0 Å². The van der Waals surface area contributed by atoms with Crippen molar-refractivity contribution in [3.63, 3.8) is 0 Å². The Morgan fingerprint density at radius 3 is 2.79 bits per heavy atom. The van der Waals surface area contributed by atoms with Crippen LogP contribution in [0.3, 0.4) is 0 Å². The predicted molar refractivity (Wildman–Crippen MR) is 108 cm³/mol. The number of hydrogen-bond acceptors (Lipinski definition) is 3. The minimum absolute atomic E-state index is 0. The van der Waals surface area contributed by atoms with E-state index >= 15 is 0 Å². The van der Waals surface area contributed by atoms with Crippen molar-refractivity contribution in [2.24, 2.45) is 11.8 Å². The maximum Gasteiger partial charge on any atom is 0.237 e. The Kier molecular flexibility index (Phi) is 7.11. The lowest BCUT2D eigenvalue weighted by Gasteiger charge is -2.33. The monoisotopic (exact) mass is 427 g/mol. The highest BCUT2D eigenvalue weighted by molar-refractivity contribution is 5.85. The minimum Gasteiger partial charge on any atom is -0.354 e. The number of nitrogens with zero attached hydrogens (tertiary/aromatic N) is 1. The molecule has 2 heterocycles. The van der Waals surface area contributed by atoms with Crippen molar-refractivity contribution in [2.45, 2.75) is 44.1 Å². The fraction of sp³-hybridized carbons (Fsp3) is 0.619. The number of piperidine rings is 1. The van der Waals surface area contributed by atoms with Crippen LogP contribution in [0.5, 0.6) is 0 Å². The molecule has 4 atom stereocenters. The molecule has 2 aliphatic heterocycles. The molecule has 2 N–H and O–H groups in total. The van der Waals surface area contributed by atoms with E-state index in [1.165, 1.54) is 6.07 Å². The van der Waals surface area contributed by atoms with E-state index < -0.39 is 11.6 Å². The summed E-state index contributed by atoms with van der Waals surface area (Å²) >= 11 is 0. The van der Waals surface area contributed by atoms with E-state index in [4.69, 9.17) is 0 Å². The molecule has 5 nitrogen and oxygen atoms in total. The van der Waals surface area contributed by atoms with Crippen molar-refractivity contribution in [2.75, 3.05) is 26.2 Å². The lowest BCUT2D eigenvalue weighted by molar-refractivity contribution is -0.134. The molecule has 1 aromatic carbocycles. The zero-order chi connectivity index (χ0) is 19.7. The highest BCUT2D eigenvalue weighted by atomic mass is 35.5. The molecular formula is C21H28ClF2N3O2. The van der Waals surface area contributed by atoms with Gasteiger partial charge in [-0.3, -0.25) is 9.59 Å². The zero-order valence-corrected chi connectivity index (χ0v) is 17.1. The first kappa shape index (κ1) is 22.0. The van der Waals surface area contributed by atoms with Gasteiger partial charge >= 0.3 is 0 Å². The maximum atomic E-state index is 14.0. The average Bonchev–Trinajstić information content (AvgIpc) is 3.30. The molecule has 0 radical (unpaired) electrons. The molecule has 4 unspecified atom stereocenters. The van der Waals surface area contributed by atoms with E-state index in [0.29, 0.717) is 31.6 Å². The summed E-state index contributed by atoms with van der Waals surface area (Å²) in [6.07, 6.45) is 4.36. The van der Waals surface area contributed by atoms with Crippen molar-refractivity contribution in [3.8, 4) is 0 Å². The Bertz CT molecular complexity index is 757. The molecule has 8 heteroatoms. The van der Waals surface area contributed by atoms with Gasteiger partial charge in [-0.25, -0.2) is 8.78 Å². The number of nitrogens with one attached hydrogen (secondary N) is 2. The fourth-order valence-electron chi connectivity index (χ4n) is 4.56. The Balaban J connectivity index is 0.00000240. The zero-order valence-electron chi connectivity index (χ0n) is 16.3. The van der Waals surface area contributed by atoms with Crippen LogP contribution in [-0.4, -0.2) is 48.9 Å². The van der Waals surface area contributed by atoms with Gasteiger partial charge < -0.3 is 15.5 Å². The van der Waals surface area contributed by atoms with Crippen LogP contribution < -0.4 is 10.6 Å². The summed E-state index contributed by atoms with van der Waals surface area (Å²) in [4.78, 5) is 26.8. The van der Waals surface area contributed by atoms with Crippen LogP contribution in [0, 0.1) is 23.5 Å². The number of carbonyl (C=O) groups is 2. The van der Waals surface area contributed by atoms with E-state index in [2.05, 4.69) is 10.6 Å². The molecule has 160 valence electrons. The Morgan fingerprint density at radius 2 is 2.03 bits per heavy atom. The third kappa shape index (κ3) is 4.89. The lowest BCUT2D eigenvalue weighted by Crippen LogP contribution is -2.47. The molecule has 1 aromatic rings. The van der Waals surface area contributed by atoms with Crippen LogP contribution in [-0.2, 0) is 9.59 Å². The van der Waals surface area contributed by atoms with Gasteiger partial charge in [0.15, 0.2) is 11.6 Å². The van der Waals surface area contributed by atoms with Gasteiger partial charge in [-0.2, -0.15) is 0 Å². The second kappa shape index (κ2) is 9.39. The number of carbonyl (C=O) groups excluding carboxylic acids is 2. The van der Waals surface area contributed by atoms with E-state index in [0.717, 1.165) is 38.3 Å². The summed E-state index contributed by atoms with van der Waals surface area (Å²) in [6.45, 7) is 2.78. The van der Waals surface area contributed by atoms with Crippen LogP contribution in [0.4, 0.5) is 8.78 Å². The highest BCUT2D eigenvalue weighted by Gasteiger charge is 2.47. The molecule has 1 saturated carbocycles. The lowest BCUT2D eigenvalue weighted by atomic mass is 9.97. The van der Waals surface area contributed by atoms with Gasteiger partial charge in [0, 0.05) is 25.6 Å². The largest absolute Gasteiger partial charge is 0.354 e. The fourth-order valence-corrected chi connectivity index (χ4v) is 4.56. The Hall–Kier alpha value is -1.73. The van der Waals surface area contributed by atoms with Crippen LogP contribution in [0.2, 0.25) is 0 Å².